The Bertz CT molecular complexity index is 1340. The first-order chi connectivity index (χ1) is 14.3. The average molecular weight is 379 g/mol. The van der Waals surface area contributed by atoms with Gasteiger partial charge in [-0.2, -0.15) is 4.57 Å². The Morgan fingerprint density at radius 2 is 1.62 bits per heavy atom. The summed E-state index contributed by atoms with van der Waals surface area (Å²) < 4.78 is 10.7. The van der Waals surface area contributed by atoms with Crippen LogP contribution in [0.3, 0.4) is 0 Å². The van der Waals surface area contributed by atoms with Crippen LogP contribution >= 0.6 is 0 Å². The van der Waals surface area contributed by atoms with Crippen LogP contribution in [0, 0.1) is 34.3 Å². The van der Waals surface area contributed by atoms with Gasteiger partial charge in [0.2, 0.25) is 5.69 Å². The maximum atomic E-state index is 8.58. The van der Waals surface area contributed by atoms with Crippen LogP contribution in [0.1, 0.15) is 23.8 Å². The first-order valence-electron chi connectivity index (χ1n) is 10.3. The topological polar surface area (TPSA) is 8.24 Å². The lowest BCUT2D eigenvalue weighted by Gasteiger charge is -2.14. The van der Waals surface area contributed by atoms with Gasteiger partial charge in [-0.25, -0.2) is 4.85 Å². The lowest BCUT2D eigenvalue weighted by atomic mass is 9.91. The molecule has 2 nitrogen and oxygen atoms in total. The Hall–Kier alpha value is -3.44. The summed E-state index contributed by atoms with van der Waals surface area (Å²) in [6.07, 6.45) is 0. The molecule has 0 atom stereocenters. The molecule has 2 heteroatoms. The molecule has 0 aliphatic heterocycles. The number of nitrogens with zero attached hydrogens (tertiary/aromatic N) is 2. The van der Waals surface area contributed by atoms with Gasteiger partial charge >= 0.3 is 0 Å². The quantitative estimate of drug-likeness (QED) is 0.268. The van der Waals surface area contributed by atoms with E-state index in [2.05, 4.69) is 66.6 Å². The van der Waals surface area contributed by atoms with E-state index in [4.69, 9.17) is 7.94 Å². The van der Waals surface area contributed by atoms with E-state index in [1.165, 1.54) is 27.8 Å². The minimum absolute atomic E-state index is 0.478. The molecule has 4 rings (SSSR count). The van der Waals surface area contributed by atoms with Crippen LogP contribution in [-0.4, -0.2) is 0 Å². The minimum Gasteiger partial charge on any atom is -0.238 e. The zero-order valence-electron chi connectivity index (χ0n) is 18.6. The zero-order chi connectivity index (χ0) is 21.6. The molecule has 0 spiro atoms. The molecular weight excluding hydrogens is 352 g/mol. The van der Waals surface area contributed by atoms with Crippen molar-refractivity contribution in [1.29, 1.82) is 0 Å². The smallest absolute Gasteiger partial charge is 0.220 e. The molecule has 1 heterocycles. The van der Waals surface area contributed by atoms with Crippen molar-refractivity contribution in [3.05, 3.63) is 94.4 Å². The van der Waals surface area contributed by atoms with Crippen molar-refractivity contribution in [2.24, 2.45) is 7.05 Å². The van der Waals surface area contributed by atoms with E-state index < -0.39 is 0 Å². The third-order valence-corrected chi connectivity index (χ3v) is 5.79. The lowest BCUT2D eigenvalue weighted by molar-refractivity contribution is -0.665. The molecule has 0 saturated carbocycles. The normalized spacial score (nSPS) is 11.4. The molecule has 0 unspecified atom stereocenters. The van der Waals surface area contributed by atoms with Gasteiger partial charge < -0.3 is 0 Å². The molecule has 3 aromatic carbocycles. The van der Waals surface area contributed by atoms with Gasteiger partial charge in [-0.15, -0.1) is 0 Å². The van der Waals surface area contributed by atoms with Crippen LogP contribution in [0.4, 0.5) is 5.69 Å². The van der Waals surface area contributed by atoms with Crippen molar-refractivity contribution in [1.82, 2.24) is 0 Å². The van der Waals surface area contributed by atoms with Crippen LogP contribution in [0.2, 0.25) is 0 Å². The van der Waals surface area contributed by atoms with E-state index in [0.717, 1.165) is 27.7 Å². The second-order valence-corrected chi connectivity index (χ2v) is 7.76. The van der Waals surface area contributed by atoms with Gasteiger partial charge in [0.1, 0.15) is 7.05 Å². The number of aromatic nitrogens is 1. The fourth-order valence-electron chi connectivity index (χ4n) is 4.22. The van der Waals surface area contributed by atoms with Crippen LogP contribution in [0.5, 0.6) is 0 Å². The fourth-order valence-corrected chi connectivity index (χ4v) is 4.22. The average Bonchev–Trinajstić information content (AvgIpc) is 2.73. The largest absolute Gasteiger partial charge is 0.238 e. The highest BCUT2D eigenvalue weighted by Crippen LogP contribution is 2.34. The van der Waals surface area contributed by atoms with Gasteiger partial charge in [-0.3, -0.25) is 0 Å². The van der Waals surface area contributed by atoms with Crippen LogP contribution in [-0.2, 0) is 7.05 Å². The minimum atomic E-state index is 0.478. The standard InChI is InChI=1S/C27H25N2/c1-17-8-7-9-18(2)26(17)21-10-12-24(19(3)14-21)27-25-13-11-23(28-5)16-22(25)15-20(4)29(27)6/h7-16H,1-4,6H3/q+1/i15D. The highest BCUT2D eigenvalue weighted by Gasteiger charge is 2.20. The van der Waals surface area contributed by atoms with Gasteiger partial charge in [-0.1, -0.05) is 42.5 Å². The SMILES string of the molecule is [2H]c1c(C)[n+](C)c(-c2ccc(-c3c(C)cccc3C)cc2C)c2ccc([N+]#[C-])cc12. The maximum absolute atomic E-state index is 8.58. The first-order valence-corrected chi connectivity index (χ1v) is 9.81. The van der Waals surface area contributed by atoms with E-state index in [-0.39, 0.29) is 0 Å². The summed E-state index contributed by atoms with van der Waals surface area (Å²) in [6.45, 7) is 15.8. The lowest BCUT2D eigenvalue weighted by Crippen LogP contribution is -2.35. The maximum Gasteiger partial charge on any atom is 0.220 e. The van der Waals surface area contributed by atoms with Gasteiger partial charge in [-0.05, 0) is 66.1 Å². The molecule has 1 aromatic heterocycles. The Morgan fingerprint density at radius 3 is 2.28 bits per heavy atom. The van der Waals surface area contributed by atoms with Crippen molar-refractivity contribution in [3.8, 4) is 22.4 Å². The summed E-state index contributed by atoms with van der Waals surface area (Å²) in [5.74, 6) is 0. The van der Waals surface area contributed by atoms with Crippen LogP contribution < -0.4 is 4.57 Å². The van der Waals surface area contributed by atoms with Crippen molar-refractivity contribution >= 4 is 16.5 Å². The van der Waals surface area contributed by atoms with E-state index in [9.17, 15) is 0 Å². The number of hydrogen-bond acceptors (Lipinski definition) is 0. The van der Waals surface area contributed by atoms with Crippen molar-refractivity contribution in [2.75, 3.05) is 0 Å². The molecule has 0 aliphatic rings. The molecule has 142 valence electrons. The Labute approximate surface area is 174 Å². The Balaban J connectivity index is 1.99. The van der Waals surface area contributed by atoms with E-state index in [1.54, 1.807) is 0 Å². The monoisotopic (exact) mass is 378 g/mol. The molecule has 0 amide bonds. The molecule has 0 radical (unpaired) electrons. The molecule has 0 aliphatic carbocycles. The first kappa shape index (κ1) is 17.6. The van der Waals surface area contributed by atoms with Gasteiger partial charge in [0.25, 0.3) is 0 Å². The van der Waals surface area contributed by atoms with Gasteiger partial charge in [0.15, 0.2) is 11.4 Å². The molecule has 0 fully saturated rings. The summed E-state index contributed by atoms with van der Waals surface area (Å²) in [5.41, 5.74) is 9.95. The molecule has 0 saturated heterocycles. The molecular formula is C27H25N2+. The summed E-state index contributed by atoms with van der Waals surface area (Å²) in [6, 6.07) is 19.2. The molecule has 4 aromatic rings. The number of rotatable bonds is 2. The number of fused-ring (bicyclic) bond motifs is 1. The third kappa shape index (κ3) is 3.19. The summed E-state index contributed by atoms with van der Waals surface area (Å²) >= 11 is 0. The summed E-state index contributed by atoms with van der Waals surface area (Å²) in [7, 11) is 2.02. The van der Waals surface area contributed by atoms with Gasteiger partial charge in [0, 0.05) is 18.5 Å². The summed E-state index contributed by atoms with van der Waals surface area (Å²) in [4.78, 5) is 3.56. The second kappa shape index (κ2) is 7.18. The van der Waals surface area contributed by atoms with E-state index in [0.29, 0.717) is 11.7 Å². The number of aryl methyl sites for hydroxylation is 3. The molecule has 29 heavy (non-hydrogen) atoms. The highest BCUT2D eigenvalue weighted by atomic mass is 14.9. The number of pyridine rings is 1. The Morgan fingerprint density at radius 1 is 0.897 bits per heavy atom. The second-order valence-electron chi connectivity index (χ2n) is 7.76. The number of hydrogen-bond donors (Lipinski definition) is 0. The fraction of sp³-hybridized carbons (Fsp3) is 0.185. The van der Waals surface area contributed by atoms with Crippen molar-refractivity contribution in [3.63, 3.8) is 0 Å². The van der Waals surface area contributed by atoms with E-state index in [1.807, 2.05) is 32.2 Å². The Kier molecular flexibility index (Phi) is 4.37. The predicted octanol–water partition coefficient (Wildman–Crippen LogP) is 6.78. The van der Waals surface area contributed by atoms with E-state index >= 15 is 0 Å². The summed E-state index contributed by atoms with van der Waals surface area (Å²) in [5, 5.41) is 1.83. The molecule has 0 bridgehead atoms. The number of benzene rings is 3. The van der Waals surface area contributed by atoms with Crippen LogP contribution in [0.15, 0.2) is 60.6 Å². The predicted molar refractivity (Wildman–Crippen MR) is 121 cm³/mol. The van der Waals surface area contributed by atoms with Crippen molar-refractivity contribution in [2.45, 2.75) is 27.7 Å². The van der Waals surface area contributed by atoms with Gasteiger partial charge in [0.05, 0.1) is 13.3 Å². The molecule has 0 N–H and O–H groups in total. The third-order valence-electron chi connectivity index (χ3n) is 5.79. The zero-order valence-corrected chi connectivity index (χ0v) is 17.6. The highest BCUT2D eigenvalue weighted by molar-refractivity contribution is 5.96. The van der Waals surface area contributed by atoms with Crippen molar-refractivity contribution < 1.29 is 5.94 Å². The van der Waals surface area contributed by atoms with Crippen LogP contribution in [0.25, 0.3) is 38.0 Å².